The first-order chi connectivity index (χ1) is 15.1. The second-order valence-electron chi connectivity index (χ2n) is 8.06. The third-order valence-corrected chi connectivity index (χ3v) is 5.96. The molecule has 2 aromatic rings. The van der Waals surface area contributed by atoms with E-state index in [-0.39, 0.29) is 24.4 Å². The van der Waals surface area contributed by atoms with E-state index in [1.807, 2.05) is 30.3 Å². The van der Waals surface area contributed by atoms with Crippen LogP contribution in [0.15, 0.2) is 43.0 Å². The molecule has 0 aliphatic carbocycles. The van der Waals surface area contributed by atoms with Gasteiger partial charge < -0.3 is 29.5 Å². The number of aromatic hydroxyl groups is 1. The zero-order valence-electron chi connectivity index (χ0n) is 17.8. The first kappa shape index (κ1) is 21.1. The molecule has 2 aliphatic heterocycles. The number of methoxy groups -OCH3 is 1. The number of phenols is 1. The van der Waals surface area contributed by atoms with Crippen molar-refractivity contribution in [2.24, 2.45) is 5.92 Å². The fourth-order valence-electron chi connectivity index (χ4n) is 4.26. The van der Waals surface area contributed by atoms with Crippen molar-refractivity contribution in [2.75, 3.05) is 32.3 Å². The number of piperidine rings is 1. The molecule has 1 saturated heterocycles. The Labute approximate surface area is 182 Å². The number of ether oxygens (including phenoxy) is 3. The van der Waals surface area contributed by atoms with Crippen LogP contribution in [0.2, 0.25) is 0 Å². The SMILES string of the molecule is C=CCc1cc(C[NH+]2CCC(C(=O)Nc3ccc4c(c3)OCO4)CC2)c(O)c(OC)c1. The van der Waals surface area contributed by atoms with Crippen LogP contribution in [0.5, 0.6) is 23.0 Å². The van der Waals surface area contributed by atoms with Gasteiger partial charge in [-0.1, -0.05) is 6.08 Å². The van der Waals surface area contributed by atoms with Crippen LogP contribution < -0.4 is 24.4 Å². The Morgan fingerprint density at radius 2 is 2.03 bits per heavy atom. The smallest absolute Gasteiger partial charge is 0.231 e. The van der Waals surface area contributed by atoms with Gasteiger partial charge in [0.25, 0.3) is 0 Å². The molecule has 31 heavy (non-hydrogen) atoms. The van der Waals surface area contributed by atoms with Crippen LogP contribution in [0.1, 0.15) is 24.0 Å². The van der Waals surface area contributed by atoms with Crippen LogP contribution in [-0.2, 0) is 17.8 Å². The van der Waals surface area contributed by atoms with Gasteiger partial charge in [-0.3, -0.25) is 4.79 Å². The van der Waals surface area contributed by atoms with Crippen LogP contribution in [0.3, 0.4) is 0 Å². The highest BCUT2D eigenvalue weighted by atomic mass is 16.7. The molecule has 2 aliphatic rings. The van der Waals surface area contributed by atoms with Gasteiger partial charge in [-0.25, -0.2) is 0 Å². The largest absolute Gasteiger partial charge is 0.504 e. The molecule has 1 amide bonds. The number of phenolic OH excluding ortho intramolecular Hbond substituents is 1. The molecule has 2 heterocycles. The normalized spacial score (nSPS) is 19.6. The third kappa shape index (κ3) is 4.77. The number of carbonyl (C=O) groups is 1. The van der Waals surface area contributed by atoms with Crippen molar-refractivity contribution in [3.8, 4) is 23.0 Å². The van der Waals surface area contributed by atoms with Gasteiger partial charge in [0.05, 0.1) is 25.8 Å². The van der Waals surface area contributed by atoms with Crippen molar-refractivity contribution >= 4 is 11.6 Å². The zero-order chi connectivity index (χ0) is 21.8. The molecular formula is C24H29N2O5+. The summed E-state index contributed by atoms with van der Waals surface area (Å²) in [7, 11) is 1.56. The predicted molar refractivity (Wildman–Crippen MR) is 117 cm³/mol. The Hall–Kier alpha value is -3.19. The summed E-state index contributed by atoms with van der Waals surface area (Å²) in [6.45, 7) is 6.44. The zero-order valence-corrected chi connectivity index (χ0v) is 17.8. The number of hydrogen-bond donors (Lipinski definition) is 3. The molecule has 0 aromatic heterocycles. The van der Waals surface area contributed by atoms with Gasteiger partial charge in [0.15, 0.2) is 23.0 Å². The van der Waals surface area contributed by atoms with Crippen LogP contribution in [-0.4, -0.2) is 38.0 Å². The van der Waals surface area contributed by atoms with Crippen LogP contribution in [0, 0.1) is 5.92 Å². The fraction of sp³-hybridized carbons (Fsp3) is 0.375. The van der Waals surface area contributed by atoms with E-state index in [4.69, 9.17) is 14.2 Å². The maximum absolute atomic E-state index is 12.7. The number of benzene rings is 2. The topological polar surface area (TPSA) is 81.5 Å². The number of hydrogen-bond acceptors (Lipinski definition) is 5. The lowest BCUT2D eigenvalue weighted by Crippen LogP contribution is -3.11. The van der Waals surface area contributed by atoms with E-state index >= 15 is 0 Å². The summed E-state index contributed by atoms with van der Waals surface area (Å²) in [6.07, 6.45) is 4.17. The summed E-state index contributed by atoms with van der Waals surface area (Å²) in [6, 6.07) is 9.31. The molecule has 7 nitrogen and oxygen atoms in total. The van der Waals surface area contributed by atoms with E-state index in [9.17, 15) is 9.90 Å². The summed E-state index contributed by atoms with van der Waals surface area (Å²) >= 11 is 0. The number of likely N-dealkylation sites (tertiary alicyclic amines) is 1. The minimum atomic E-state index is -0.0237. The van der Waals surface area contributed by atoms with Crippen molar-refractivity contribution in [3.05, 3.63) is 54.1 Å². The second-order valence-corrected chi connectivity index (χ2v) is 8.06. The minimum absolute atomic E-state index is 0.0237. The number of quaternary nitrogens is 1. The molecular weight excluding hydrogens is 396 g/mol. The van der Waals surface area contributed by atoms with Gasteiger partial charge in [-0.05, 0) is 36.2 Å². The van der Waals surface area contributed by atoms with Crippen LogP contribution >= 0.6 is 0 Å². The molecule has 4 rings (SSSR count). The van der Waals surface area contributed by atoms with Crippen molar-refractivity contribution in [3.63, 3.8) is 0 Å². The van der Waals surface area contributed by atoms with Gasteiger partial charge in [0, 0.05) is 30.5 Å². The third-order valence-electron chi connectivity index (χ3n) is 5.96. The van der Waals surface area contributed by atoms with Gasteiger partial charge in [0.2, 0.25) is 12.7 Å². The average Bonchev–Trinajstić information content (AvgIpc) is 3.24. The Balaban J connectivity index is 1.34. The standard InChI is InChI=1S/C24H28N2O5/c1-3-4-16-11-18(23(27)22(12-16)29-2)14-26-9-7-17(8-10-26)24(28)25-19-5-6-20-21(13-19)31-15-30-20/h3,5-6,11-13,17,27H,1,4,7-10,14-15H2,2H3,(H,25,28)/p+1. The van der Waals surface area contributed by atoms with E-state index in [2.05, 4.69) is 11.9 Å². The number of anilines is 1. The lowest BCUT2D eigenvalue weighted by atomic mass is 9.95. The lowest BCUT2D eigenvalue weighted by molar-refractivity contribution is -0.919. The first-order valence-corrected chi connectivity index (χ1v) is 10.6. The number of nitrogens with one attached hydrogen (secondary N) is 2. The highest BCUT2D eigenvalue weighted by Gasteiger charge is 2.28. The van der Waals surface area contributed by atoms with Crippen molar-refractivity contribution in [1.82, 2.24) is 0 Å². The lowest BCUT2D eigenvalue weighted by Gasteiger charge is -2.29. The van der Waals surface area contributed by atoms with E-state index in [1.165, 1.54) is 4.90 Å². The number of rotatable bonds is 7. The Morgan fingerprint density at radius 1 is 1.26 bits per heavy atom. The van der Waals surface area contributed by atoms with Crippen LogP contribution in [0.4, 0.5) is 5.69 Å². The number of fused-ring (bicyclic) bond motifs is 1. The molecule has 3 N–H and O–H groups in total. The number of amides is 1. The summed E-state index contributed by atoms with van der Waals surface area (Å²) in [5, 5.41) is 13.5. The molecule has 0 unspecified atom stereocenters. The van der Waals surface area contributed by atoms with E-state index in [0.717, 1.165) is 49.2 Å². The maximum Gasteiger partial charge on any atom is 0.231 e. The van der Waals surface area contributed by atoms with E-state index < -0.39 is 0 Å². The highest BCUT2D eigenvalue weighted by Crippen LogP contribution is 2.34. The quantitative estimate of drug-likeness (QED) is 0.593. The highest BCUT2D eigenvalue weighted by molar-refractivity contribution is 5.92. The Kier molecular flexibility index (Phi) is 6.32. The fourth-order valence-corrected chi connectivity index (χ4v) is 4.26. The van der Waals surface area contributed by atoms with Crippen molar-refractivity contribution in [1.29, 1.82) is 0 Å². The minimum Gasteiger partial charge on any atom is -0.504 e. The second kappa shape index (κ2) is 9.31. The Bertz CT molecular complexity index is 967. The Morgan fingerprint density at radius 3 is 2.77 bits per heavy atom. The molecule has 7 heteroatoms. The van der Waals surface area contributed by atoms with Gasteiger partial charge in [-0.2, -0.15) is 0 Å². The number of carbonyl (C=O) groups excluding carboxylic acids is 1. The molecule has 0 bridgehead atoms. The molecule has 0 atom stereocenters. The van der Waals surface area contributed by atoms with Gasteiger partial charge >= 0.3 is 0 Å². The average molecular weight is 426 g/mol. The van der Waals surface area contributed by atoms with Crippen LogP contribution in [0.25, 0.3) is 0 Å². The first-order valence-electron chi connectivity index (χ1n) is 10.6. The van der Waals surface area contributed by atoms with E-state index in [1.54, 1.807) is 13.2 Å². The molecule has 0 saturated carbocycles. The molecule has 0 spiro atoms. The summed E-state index contributed by atoms with van der Waals surface area (Å²) in [5.41, 5.74) is 2.66. The molecule has 0 radical (unpaired) electrons. The molecule has 164 valence electrons. The molecule has 2 aromatic carbocycles. The van der Waals surface area contributed by atoms with Gasteiger partial charge in [-0.15, -0.1) is 6.58 Å². The predicted octanol–water partition coefficient (Wildman–Crippen LogP) is 2.29. The summed E-state index contributed by atoms with van der Waals surface area (Å²) < 4.78 is 16.0. The van der Waals surface area contributed by atoms with E-state index in [0.29, 0.717) is 23.8 Å². The maximum atomic E-state index is 12.7. The van der Waals surface area contributed by atoms with Crippen molar-refractivity contribution < 1.29 is 29.0 Å². The van der Waals surface area contributed by atoms with Gasteiger partial charge in [0.1, 0.15) is 6.54 Å². The number of allylic oxidation sites excluding steroid dienone is 1. The monoisotopic (exact) mass is 425 g/mol. The molecule has 1 fully saturated rings. The summed E-state index contributed by atoms with van der Waals surface area (Å²) in [5.74, 6) is 2.06. The van der Waals surface area contributed by atoms with Crippen molar-refractivity contribution in [2.45, 2.75) is 25.8 Å². The summed E-state index contributed by atoms with van der Waals surface area (Å²) in [4.78, 5) is 14.1.